The van der Waals surface area contributed by atoms with Gasteiger partial charge in [-0.3, -0.25) is 9.36 Å². The van der Waals surface area contributed by atoms with E-state index in [0.717, 1.165) is 18.5 Å². The molecule has 0 bridgehead atoms. The first-order chi connectivity index (χ1) is 9.63. The van der Waals surface area contributed by atoms with Crippen LogP contribution in [-0.2, 0) is 0 Å². The van der Waals surface area contributed by atoms with Gasteiger partial charge in [-0.25, -0.2) is 0 Å². The van der Waals surface area contributed by atoms with E-state index in [1.165, 1.54) is 0 Å². The topological polar surface area (TPSA) is 49.8 Å². The molecule has 0 fully saturated rings. The van der Waals surface area contributed by atoms with Crippen molar-refractivity contribution in [3.63, 3.8) is 0 Å². The molecule has 1 atom stereocenters. The number of hydrogen-bond acceptors (Lipinski definition) is 2. The standard InChI is InChI=1S/C15H19N3OS/c1-3-7-11(2)17-14(19)13-10-16-15(20)18(13)12-8-5-4-6-9-12/h4-6,8-11H,3,7H2,1-2H3,(H,16,20)(H,17,19). The van der Waals surface area contributed by atoms with Crippen LogP contribution < -0.4 is 5.32 Å². The Balaban J connectivity index is 2.30. The lowest BCUT2D eigenvalue weighted by atomic mass is 10.2. The van der Waals surface area contributed by atoms with Crippen molar-refractivity contribution >= 4 is 18.1 Å². The monoisotopic (exact) mass is 289 g/mol. The molecule has 106 valence electrons. The number of H-pyrrole nitrogens is 1. The van der Waals surface area contributed by atoms with Crippen LogP contribution in [0.15, 0.2) is 36.5 Å². The fourth-order valence-corrected chi connectivity index (χ4v) is 2.43. The normalized spacial score (nSPS) is 12.1. The number of aromatic amines is 1. The van der Waals surface area contributed by atoms with Gasteiger partial charge < -0.3 is 10.3 Å². The zero-order valence-electron chi connectivity index (χ0n) is 11.7. The summed E-state index contributed by atoms with van der Waals surface area (Å²) >= 11 is 5.27. The molecule has 0 spiro atoms. The summed E-state index contributed by atoms with van der Waals surface area (Å²) in [5, 5.41) is 2.99. The Bertz CT molecular complexity index is 630. The van der Waals surface area contributed by atoms with Gasteiger partial charge in [0, 0.05) is 17.9 Å². The van der Waals surface area contributed by atoms with Gasteiger partial charge in [-0.2, -0.15) is 0 Å². The number of carbonyl (C=O) groups excluding carboxylic acids is 1. The van der Waals surface area contributed by atoms with Crippen molar-refractivity contribution < 1.29 is 4.79 Å². The van der Waals surface area contributed by atoms with Gasteiger partial charge in [0.05, 0.1) is 0 Å². The fraction of sp³-hybridized carbons (Fsp3) is 0.333. The molecule has 0 aliphatic rings. The average Bonchev–Trinajstić information content (AvgIpc) is 2.82. The summed E-state index contributed by atoms with van der Waals surface area (Å²) in [7, 11) is 0. The molecule has 1 amide bonds. The smallest absolute Gasteiger partial charge is 0.270 e. The number of benzene rings is 1. The van der Waals surface area contributed by atoms with Crippen LogP contribution in [0, 0.1) is 4.77 Å². The summed E-state index contributed by atoms with van der Waals surface area (Å²) in [6, 6.07) is 9.78. The van der Waals surface area contributed by atoms with E-state index in [0.29, 0.717) is 10.5 Å². The maximum Gasteiger partial charge on any atom is 0.270 e. The van der Waals surface area contributed by atoms with Crippen LogP contribution in [0.4, 0.5) is 0 Å². The second-order valence-corrected chi connectivity index (χ2v) is 5.20. The van der Waals surface area contributed by atoms with Crippen molar-refractivity contribution in [1.29, 1.82) is 0 Å². The molecule has 0 radical (unpaired) electrons. The van der Waals surface area contributed by atoms with E-state index in [2.05, 4.69) is 17.2 Å². The highest BCUT2D eigenvalue weighted by atomic mass is 32.1. The highest BCUT2D eigenvalue weighted by molar-refractivity contribution is 7.71. The number of carbonyl (C=O) groups is 1. The zero-order valence-corrected chi connectivity index (χ0v) is 12.5. The molecule has 1 aromatic carbocycles. The first-order valence-corrected chi connectivity index (χ1v) is 7.21. The molecule has 1 aromatic heterocycles. The lowest BCUT2D eigenvalue weighted by Crippen LogP contribution is -2.33. The maximum atomic E-state index is 12.3. The van der Waals surface area contributed by atoms with E-state index < -0.39 is 0 Å². The number of amides is 1. The molecule has 1 unspecified atom stereocenters. The van der Waals surface area contributed by atoms with E-state index in [1.807, 2.05) is 37.3 Å². The molecule has 0 aliphatic carbocycles. The molecule has 2 N–H and O–H groups in total. The van der Waals surface area contributed by atoms with Crippen LogP contribution >= 0.6 is 12.2 Å². The Labute approximate surface area is 123 Å². The van der Waals surface area contributed by atoms with Crippen molar-refractivity contribution in [2.45, 2.75) is 32.7 Å². The highest BCUT2D eigenvalue weighted by Gasteiger charge is 2.15. The molecule has 4 nitrogen and oxygen atoms in total. The first kappa shape index (κ1) is 14.5. The third-order valence-corrected chi connectivity index (χ3v) is 3.42. The lowest BCUT2D eigenvalue weighted by molar-refractivity contribution is 0.0931. The number of hydrogen-bond donors (Lipinski definition) is 2. The zero-order chi connectivity index (χ0) is 14.5. The number of para-hydroxylation sites is 1. The average molecular weight is 289 g/mol. The van der Waals surface area contributed by atoms with Gasteiger partial charge in [0.1, 0.15) is 5.69 Å². The summed E-state index contributed by atoms with van der Waals surface area (Å²) in [4.78, 5) is 15.3. The highest BCUT2D eigenvalue weighted by Crippen LogP contribution is 2.12. The van der Waals surface area contributed by atoms with Crippen LogP contribution in [0.3, 0.4) is 0 Å². The van der Waals surface area contributed by atoms with Gasteiger partial charge in [0.15, 0.2) is 4.77 Å². The number of nitrogens with zero attached hydrogens (tertiary/aromatic N) is 1. The van der Waals surface area contributed by atoms with Gasteiger partial charge in [-0.1, -0.05) is 31.5 Å². The molecule has 20 heavy (non-hydrogen) atoms. The van der Waals surface area contributed by atoms with Crippen LogP contribution in [0.5, 0.6) is 0 Å². The number of nitrogens with one attached hydrogen (secondary N) is 2. The fourth-order valence-electron chi connectivity index (χ4n) is 2.17. The van der Waals surface area contributed by atoms with E-state index in [1.54, 1.807) is 10.8 Å². The minimum absolute atomic E-state index is 0.109. The summed E-state index contributed by atoms with van der Waals surface area (Å²) in [5.41, 5.74) is 1.41. The summed E-state index contributed by atoms with van der Waals surface area (Å²) < 4.78 is 2.27. The Hall–Kier alpha value is -1.88. The Morgan fingerprint density at radius 3 is 2.75 bits per heavy atom. The minimum Gasteiger partial charge on any atom is -0.348 e. The van der Waals surface area contributed by atoms with Crippen molar-refractivity contribution in [2.24, 2.45) is 0 Å². The molecule has 2 rings (SSSR count). The van der Waals surface area contributed by atoms with Gasteiger partial charge in [-0.15, -0.1) is 0 Å². The van der Waals surface area contributed by atoms with E-state index in [4.69, 9.17) is 12.2 Å². The third-order valence-electron chi connectivity index (χ3n) is 3.12. The van der Waals surface area contributed by atoms with Crippen molar-refractivity contribution in [3.8, 4) is 5.69 Å². The maximum absolute atomic E-state index is 12.3. The van der Waals surface area contributed by atoms with Crippen LogP contribution in [-0.4, -0.2) is 21.5 Å². The van der Waals surface area contributed by atoms with Crippen LogP contribution in [0.25, 0.3) is 5.69 Å². The molecule has 0 saturated heterocycles. The predicted molar refractivity (Wildman–Crippen MR) is 82.8 cm³/mol. The van der Waals surface area contributed by atoms with Crippen molar-refractivity contribution in [2.75, 3.05) is 0 Å². The van der Waals surface area contributed by atoms with E-state index in [-0.39, 0.29) is 11.9 Å². The SMILES string of the molecule is CCCC(C)NC(=O)c1c[nH]c(=S)n1-c1ccccc1. The Morgan fingerprint density at radius 2 is 2.10 bits per heavy atom. The summed E-state index contributed by atoms with van der Waals surface area (Å²) in [6.45, 7) is 4.11. The number of aromatic nitrogens is 2. The molecule has 1 heterocycles. The predicted octanol–water partition coefficient (Wildman–Crippen LogP) is 3.45. The number of imidazole rings is 1. The third kappa shape index (κ3) is 3.17. The largest absolute Gasteiger partial charge is 0.348 e. The van der Waals surface area contributed by atoms with E-state index >= 15 is 0 Å². The molecule has 0 saturated carbocycles. The van der Waals surface area contributed by atoms with Crippen molar-refractivity contribution in [3.05, 3.63) is 47.0 Å². The number of rotatable bonds is 5. The molecular formula is C15H19N3OS. The van der Waals surface area contributed by atoms with Gasteiger partial charge in [0.25, 0.3) is 5.91 Å². The lowest BCUT2D eigenvalue weighted by Gasteiger charge is -2.14. The Kier molecular flexibility index (Phi) is 4.74. The molecule has 5 heteroatoms. The minimum atomic E-state index is -0.109. The van der Waals surface area contributed by atoms with Crippen LogP contribution in [0.2, 0.25) is 0 Å². The van der Waals surface area contributed by atoms with E-state index in [9.17, 15) is 4.79 Å². The van der Waals surface area contributed by atoms with Gasteiger partial charge >= 0.3 is 0 Å². The first-order valence-electron chi connectivity index (χ1n) is 6.80. The molecule has 0 aliphatic heterocycles. The van der Waals surface area contributed by atoms with Gasteiger partial charge in [0.2, 0.25) is 0 Å². The summed E-state index contributed by atoms with van der Waals surface area (Å²) in [6.07, 6.45) is 3.66. The molecule has 2 aromatic rings. The Morgan fingerprint density at radius 1 is 1.40 bits per heavy atom. The molecular weight excluding hydrogens is 270 g/mol. The van der Waals surface area contributed by atoms with Crippen molar-refractivity contribution in [1.82, 2.24) is 14.9 Å². The quantitative estimate of drug-likeness (QED) is 0.828. The van der Waals surface area contributed by atoms with Crippen LogP contribution in [0.1, 0.15) is 37.2 Å². The van der Waals surface area contributed by atoms with Gasteiger partial charge in [-0.05, 0) is 37.7 Å². The summed E-state index contributed by atoms with van der Waals surface area (Å²) in [5.74, 6) is -0.109. The second kappa shape index (κ2) is 6.52. The second-order valence-electron chi connectivity index (χ2n) is 4.81.